The molecule has 0 bridgehead atoms. The van der Waals surface area contributed by atoms with E-state index in [2.05, 4.69) is 17.6 Å². The van der Waals surface area contributed by atoms with Crippen LogP contribution in [0.3, 0.4) is 0 Å². The van der Waals surface area contributed by atoms with Crippen molar-refractivity contribution in [1.29, 1.82) is 0 Å². The van der Waals surface area contributed by atoms with Gasteiger partial charge in [-0.1, -0.05) is 25.1 Å². The van der Waals surface area contributed by atoms with E-state index >= 15 is 0 Å². The van der Waals surface area contributed by atoms with Crippen molar-refractivity contribution in [3.63, 3.8) is 0 Å². The third-order valence-electron chi connectivity index (χ3n) is 3.55. The summed E-state index contributed by atoms with van der Waals surface area (Å²) < 4.78 is 5.86. The Hall–Kier alpha value is -1.39. The summed E-state index contributed by atoms with van der Waals surface area (Å²) in [5, 5.41) is 6.16. The van der Waals surface area contributed by atoms with Crippen LogP contribution >= 0.6 is 0 Å². The molecule has 1 aliphatic rings. The Morgan fingerprint density at radius 1 is 1.42 bits per heavy atom. The zero-order valence-corrected chi connectivity index (χ0v) is 11.6. The first kappa shape index (κ1) is 14.0. The molecule has 1 aromatic carbocycles. The molecule has 4 nitrogen and oxygen atoms in total. The van der Waals surface area contributed by atoms with Gasteiger partial charge in [-0.15, -0.1) is 0 Å². The quantitative estimate of drug-likeness (QED) is 0.873. The molecule has 4 heteroatoms. The predicted octanol–water partition coefficient (Wildman–Crippen LogP) is 2.03. The van der Waals surface area contributed by atoms with E-state index < -0.39 is 6.10 Å². The van der Waals surface area contributed by atoms with Crippen molar-refractivity contribution in [3.05, 3.63) is 30.3 Å². The molecule has 1 fully saturated rings. The van der Waals surface area contributed by atoms with Crippen LogP contribution in [-0.4, -0.2) is 31.2 Å². The molecule has 1 amide bonds. The smallest absolute Gasteiger partial charge is 0.253 e. The minimum atomic E-state index is -0.437. The van der Waals surface area contributed by atoms with E-state index in [9.17, 15) is 4.79 Å². The van der Waals surface area contributed by atoms with Crippen LogP contribution in [0.4, 0.5) is 5.69 Å². The van der Waals surface area contributed by atoms with Crippen molar-refractivity contribution in [1.82, 2.24) is 5.32 Å². The number of piperidine rings is 1. The predicted molar refractivity (Wildman–Crippen MR) is 76.1 cm³/mol. The highest BCUT2D eigenvalue weighted by atomic mass is 16.5. The summed E-state index contributed by atoms with van der Waals surface area (Å²) >= 11 is 0. The van der Waals surface area contributed by atoms with Gasteiger partial charge in [-0.3, -0.25) is 4.79 Å². The largest absolute Gasteiger partial charge is 0.364 e. The molecular weight excluding hydrogens is 240 g/mol. The Bertz CT molecular complexity index is 408. The maximum atomic E-state index is 12.0. The number of hydrogen-bond donors (Lipinski definition) is 2. The van der Waals surface area contributed by atoms with Crippen LogP contribution in [0.2, 0.25) is 0 Å². The Labute approximate surface area is 114 Å². The summed E-state index contributed by atoms with van der Waals surface area (Å²) in [7, 11) is 0. The summed E-state index contributed by atoms with van der Waals surface area (Å²) in [6.07, 6.45) is 0.773. The topological polar surface area (TPSA) is 50.4 Å². The molecule has 1 aliphatic heterocycles. The van der Waals surface area contributed by atoms with Crippen LogP contribution in [0.1, 0.15) is 20.3 Å². The Morgan fingerprint density at radius 3 is 2.84 bits per heavy atom. The molecule has 0 aromatic heterocycles. The molecule has 104 valence electrons. The van der Waals surface area contributed by atoms with Gasteiger partial charge in [0, 0.05) is 12.2 Å². The van der Waals surface area contributed by atoms with Gasteiger partial charge >= 0.3 is 0 Å². The average molecular weight is 262 g/mol. The fraction of sp³-hybridized carbons (Fsp3) is 0.533. The first-order chi connectivity index (χ1) is 9.16. The van der Waals surface area contributed by atoms with Gasteiger partial charge in [0.15, 0.2) is 0 Å². The number of para-hydroxylation sites is 1. The van der Waals surface area contributed by atoms with Crippen LogP contribution in [0.5, 0.6) is 0 Å². The first-order valence-corrected chi connectivity index (χ1v) is 6.89. The molecule has 3 atom stereocenters. The van der Waals surface area contributed by atoms with Crippen molar-refractivity contribution in [2.24, 2.45) is 5.92 Å². The molecule has 2 N–H and O–H groups in total. The van der Waals surface area contributed by atoms with Crippen LogP contribution in [0, 0.1) is 5.92 Å². The maximum absolute atomic E-state index is 12.0. The van der Waals surface area contributed by atoms with Gasteiger partial charge in [0.25, 0.3) is 5.91 Å². The SMILES string of the molecule is CC(OC1CNCCC1C)C(=O)Nc1ccccc1. The fourth-order valence-corrected chi connectivity index (χ4v) is 2.23. The molecule has 0 saturated carbocycles. The molecular formula is C15H22N2O2. The van der Waals surface area contributed by atoms with Crippen molar-refractivity contribution < 1.29 is 9.53 Å². The molecule has 1 heterocycles. The van der Waals surface area contributed by atoms with E-state index in [4.69, 9.17) is 4.74 Å². The molecule has 0 aliphatic carbocycles. The van der Waals surface area contributed by atoms with Gasteiger partial charge in [0.05, 0.1) is 6.10 Å². The zero-order valence-electron chi connectivity index (χ0n) is 11.6. The van der Waals surface area contributed by atoms with Crippen LogP contribution in [0.15, 0.2) is 30.3 Å². The second-order valence-corrected chi connectivity index (χ2v) is 5.14. The van der Waals surface area contributed by atoms with Crippen LogP contribution < -0.4 is 10.6 Å². The van der Waals surface area contributed by atoms with Gasteiger partial charge in [-0.25, -0.2) is 0 Å². The van der Waals surface area contributed by atoms with E-state index in [1.165, 1.54) is 0 Å². The lowest BCUT2D eigenvalue weighted by Crippen LogP contribution is -2.44. The van der Waals surface area contributed by atoms with E-state index in [0.29, 0.717) is 5.92 Å². The monoisotopic (exact) mass is 262 g/mol. The van der Waals surface area contributed by atoms with E-state index in [1.807, 2.05) is 30.3 Å². The highest BCUT2D eigenvalue weighted by molar-refractivity contribution is 5.93. The molecule has 19 heavy (non-hydrogen) atoms. The molecule has 1 aromatic rings. The molecule has 0 spiro atoms. The third kappa shape index (κ3) is 4.04. The summed E-state index contributed by atoms with van der Waals surface area (Å²) in [6.45, 7) is 5.84. The summed E-state index contributed by atoms with van der Waals surface area (Å²) in [6, 6.07) is 9.46. The van der Waals surface area contributed by atoms with Crippen LogP contribution in [0.25, 0.3) is 0 Å². The summed E-state index contributed by atoms with van der Waals surface area (Å²) in [5.74, 6) is 0.400. The molecule has 1 saturated heterocycles. The highest BCUT2D eigenvalue weighted by Crippen LogP contribution is 2.17. The zero-order chi connectivity index (χ0) is 13.7. The number of amides is 1. The Morgan fingerprint density at radius 2 is 2.16 bits per heavy atom. The standard InChI is InChI=1S/C15H22N2O2/c1-11-8-9-16-10-14(11)19-12(2)15(18)17-13-6-4-3-5-7-13/h3-7,11-12,14,16H,8-10H2,1-2H3,(H,17,18). The number of ether oxygens (including phenoxy) is 1. The minimum absolute atomic E-state index is 0.0935. The average Bonchev–Trinajstić information content (AvgIpc) is 2.42. The lowest BCUT2D eigenvalue weighted by molar-refractivity contribution is -0.132. The number of nitrogens with one attached hydrogen (secondary N) is 2. The normalized spacial score (nSPS) is 24.7. The molecule has 2 rings (SSSR count). The van der Waals surface area contributed by atoms with Crippen molar-refractivity contribution in [2.75, 3.05) is 18.4 Å². The van der Waals surface area contributed by atoms with Gasteiger partial charge in [0.2, 0.25) is 0 Å². The van der Waals surface area contributed by atoms with E-state index in [-0.39, 0.29) is 12.0 Å². The minimum Gasteiger partial charge on any atom is -0.364 e. The van der Waals surface area contributed by atoms with E-state index in [0.717, 1.165) is 25.2 Å². The van der Waals surface area contributed by atoms with E-state index in [1.54, 1.807) is 6.92 Å². The van der Waals surface area contributed by atoms with Crippen LogP contribution in [-0.2, 0) is 9.53 Å². The second-order valence-electron chi connectivity index (χ2n) is 5.14. The second kappa shape index (κ2) is 6.68. The van der Waals surface area contributed by atoms with Gasteiger partial charge in [-0.2, -0.15) is 0 Å². The van der Waals surface area contributed by atoms with Gasteiger partial charge < -0.3 is 15.4 Å². The lowest BCUT2D eigenvalue weighted by atomic mass is 9.97. The number of anilines is 1. The number of rotatable bonds is 4. The summed E-state index contributed by atoms with van der Waals surface area (Å²) in [4.78, 5) is 12.0. The first-order valence-electron chi connectivity index (χ1n) is 6.89. The number of benzene rings is 1. The summed E-state index contributed by atoms with van der Waals surface area (Å²) in [5.41, 5.74) is 0.803. The maximum Gasteiger partial charge on any atom is 0.253 e. The van der Waals surface area contributed by atoms with Crippen molar-refractivity contribution >= 4 is 11.6 Å². The molecule has 3 unspecified atom stereocenters. The number of carbonyl (C=O) groups excluding carboxylic acids is 1. The number of hydrogen-bond acceptors (Lipinski definition) is 3. The lowest BCUT2D eigenvalue weighted by Gasteiger charge is -2.31. The van der Waals surface area contributed by atoms with Crippen molar-refractivity contribution in [2.45, 2.75) is 32.5 Å². The van der Waals surface area contributed by atoms with Gasteiger partial charge in [0.1, 0.15) is 6.10 Å². The van der Waals surface area contributed by atoms with Gasteiger partial charge in [-0.05, 0) is 37.9 Å². The highest BCUT2D eigenvalue weighted by Gasteiger charge is 2.26. The fourth-order valence-electron chi connectivity index (χ4n) is 2.23. The third-order valence-corrected chi connectivity index (χ3v) is 3.55. The Kier molecular flexibility index (Phi) is 4.93. The molecule has 0 radical (unpaired) electrons. The Balaban J connectivity index is 1.85. The number of carbonyl (C=O) groups is 1. The van der Waals surface area contributed by atoms with Crippen molar-refractivity contribution in [3.8, 4) is 0 Å².